The van der Waals surface area contributed by atoms with Crippen molar-refractivity contribution in [1.29, 1.82) is 0 Å². The largest absolute Gasteiger partial charge is 0.418 e. The number of anilines is 1. The second-order valence-corrected chi connectivity index (χ2v) is 10.3. The molecule has 11 heteroatoms. The predicted octanol–water partition coefficient (Wildman–Crippen LogP) is 7.46. The maximum absolute atomic E-state index is 14.6. The number of hydrogen-bond donors (Lipinski definition) is 0. The third kappa shape index (κ3) is 5.46. The van der Waals surface area contributed by atoms with E-state index in [-0.39, 0.29) is 17.1 Å². The first-order valence-electron chi connectivity index (χ1n) is 13.4. The molecule has 0 radical (unpaired) electrons. The molecule has 44 heavy (non-hydrogen) atoms. The van der Waals surface area contributed by atoms with Gasteiger partial charge < -0.3 is 4.90 Å². The molecule has 0 unspecified atom stereocenters. The molecule has 0 spiro atoms. The highest BCUT2D eigenvalue weighted by Gasteiger charge is 2.35. The van der Waals surface area contributed by atoms with Crippen molar-refractivity contribution in [2.24, 2.45) is 0 Å². The number of halogens is 6. The van der Waals surface area contributed by atoms with Gasteiger partial charge in [-0.25, -0.2) is 18.0 Å². The molecule has 5 nitrogen and oxygen atoms in total. The maximum atomic E-state index is 14.6. The third-order valence-electron chi connectivity index (χ3n) is 7.35. The summed E-state index contributed by atoms with van der Waals surface area (Å²) in [4.78, 5) is 15.7. The number of urea groups is 1. The van der Waals surface area contributed by atoms with Crippen LogP contribution in [0, 0.1) is 29.3 Å². The van der Waals surface area contributed by atoms with Crippen molar-refractivity contribution in [1.82, 2.24) is 14.7 Å². The van der Waals surface area contributed by atoms with Gasteiger partial charge in [-0.3, -0.25) is 9.58 Å². The van der Waals surface area contributed by atoms with Crippen molar-refractivity contribution in [2.75, 3.05) is 25.0 Å². The van der Waals surface area contributed by atoms with Crippen LogP contribution in [0.5, 0.6) is 0 Å². The van der Waals surface area contributed by atoms with Gasteiger partial charge in [0, 0.05) is 65.6 Å². The van der Waals surface area contributed by atoms with Crippen LogP contribution >= 0.6 is 0 Å². The summed E-state index contributed by atoms with van der Waals surface area (Å²) in [6, 6.07) is 18.3. The van der Waals surface area contributed by atoms with Gasteiger partial charge in [-0.2, -0.15) is 18.3 Å². The summed E-state index contributed by atoms with van der Waals surface area (Å²) < 4.78 is 85.6. The van der Waals surface area contributed by atoms with Crippen LogP contribution in [-0.4, -0.2) is 40.8 Å². The standard InChI is InChI=1S/C33H22F6N4O/c1-41-13-14-42(32(41)44)24-8-3-6-21(16-24)12-11-20-5-2-7-22(15-20)31-25-9-4-10-27(33(37,38)39)30(25)40-43(31)19-26-28(35)17-23(34)18-29(26)36/h2-10,15-18H,13-14,19H2,1H3. The molecule has 0 N–H and O–H groups in total. The smallest absolute Gasteiger partial charge is 0.326 e. The number of likely N-dealkylation sites (N-methyl/N-ethyl adjacent to an activating group) is 1. The summed E-state index contributed by atoms with van der Waals surface area (Å²) >= 11 is 0. The molecule has 1 saturated heterocycles. The average molecular weight is 605 g/mol. The summed E-state index contributed by atoms with van der Waals surface area (Å²) in [7, 11) is 1.73. The normalized spacial score (nSPS) is 13.5. The number of aromatic nitrogens is 2. The van der Waals surface area contributed by atoms with E-state index in [2.05, 4.69) is 16.9 Å². The first-order chi connectivity index (χ1) is 21.0. The van der Waals surface area contributed by atoms with Crippen LogP contribution < -0.4 is 4.90 Å². The van der Waals surface area contributed by atoms with Crippen LogP contribution in [0.4, 0.5) is 36.8 Å². The molecule has 4 aromatic carbocycles. The zero-order valence-corrected chi connectivity index (χ0v) is 23.1. The molecule has 0 aliphatic carbocycles. The molecular formula is C33H22F6N4O. The van der Waals surface area contributed by atoms with E-state index in [9.17, 15) is 31.1 Å². The number of carbonyl (C=O) groups is 1. The lowest BCUT2D eigenvalue weighted by molar-refractivity contribution is -0.136. The summed E-state index contributed by atoms with van der Waals surface area (Å²) in [6.07, 6.45) is -4.74. The fourth-order valence-electron chi connectivity index (χ4n) is 5.20. The van der Waals surface area contributed by atoms with Gasteiger partial charge in [0.25, 0.3) is 0 Å². The Morgan fingerprint density at radius 1 is 0.841 bits per heavy atom. The Balaban J connectivity index is 1.43. The summed E-state index contributed by atoms with van der Waals surface area (Å²) in [6.45, 7) is 0.571. The van der Waals surface area contributed by atoms with Gasteiger partial charge in [0.05, 0.1) is 17.8 Å². The zero-order valence-electron chi connectivity index (χ0n) is 23.1. The minimum atomic E-state index is -4.74. The number of carbonyl (C=O) groups excluding carboxylic acids is 1. The first kappa shape index (κ1) is 28.9. The van der Waals surface area contributed by atoms with Crippen LogP contribution in [0.3, 0.4) is 0 Å². The Kier molecular flexibility index (Phi) is 7.29. The number of benzene rings is 4. The van der Waals surface area contributed by atoms with E-state index >= 15 is 0 Å². The molecule has 2 amide bonds. The van der Waals surface area contributed by atoms with E-state index in [1.165, 1.54) is 12.1 Å². The monoisotopic (exact) mass is 604 g/mol. The van der Waals surface area contributed by atoms with E-state index in [1.807, 2.05) is 6.07 Å². The molecular weight excluding hydrogens is 582 g/mol. The lowest BCUT2D eigenvalue weighted by Crippen LogP contribution is -2.29. The highest BCUT2D eigenvalue weighted by Crippen LogP contribution is 2.38. The molecule has 2 heterocycles. The number of rotatable bonds is 4. The van der Waals surface area contributed by atoms with Crippen LogP contribution in [-0.2, 0) is 12.7 Å². The minimum Gasteiger partial charge on any atom is -0.326 e. The van der Waals surface area contributed by atoms with Crippen molar-refractivity contribution in [2.45, 2.75) is 12.7 Å². The van der Waals surface area contributed by atoms with Gasteiger partial charge in [0.1, 0.15) is 23.0 Å². The number of nitrogens with zero attached hydrogens (tertiary/aromatic N) is 4. The fourth-order valence-corrected chi connectivity index (χ4v) is 5.20. The van der Waals surface area contributed by atoms with Crippen LogP contribution in [0.1, 0.15) is 22.3 Å². The summed E-state index contributed by atoms with van der Waals surface area (Å²) in [5.41, 5.74) is 0.489. The Morgan fingerprint density at radius 2 is 1.50 bits per heavy atom. The van der Waals surface area contributed by atoms with Crippen molar-refractivity contribution < 1.29 is 31.1 Å². The number of alkyl halides is 3. The van der Waals surface area contributed by atoms with Crippen molar-refractivity contribution >= 4 is 22.6 Å². The highest BCUT2D eigenvalue weighted by atomic mass is 19.4. The topological polar surface area (TPSA) is 41.4 Å². The first-order valence-corrected chi connectivity index (χ1v) is 13.4. The van der Waals surface area contributed by atoms with E-state index in [0.717, 1.165) is 10.7 Å². The molecule has 1 aliphatic heterocycles. The highest BCUT2D eigenvalue weighted by molar-refractivity contribution is 5.96. The molecule has 0 saturated carbocycles. The van der Waals surface area contributed by atoms with Crippen LogP contribution in [0.2, 0.25) is 0 Å². The molecule has 1 fully saturated rings. The Bertz CT molecular complexity index is 1970. The fraction of sp³-hybridized carbons (Fsp3) is 0.152. The lowest BCUT2D eigenvalue weighted by atomic mass is 10.0. The Labute approximate surface area is 247 Å². The average Bonchev–Trinajstić information content (AvgIpc) is 3.52. The van der Waals surface area contributed by atoms with Gasteiger partial charge >= 0.3 is 12.2 Å². The predicted molar refractivity (Wildman–Crippen MR) is 153 cm³/mol. The number of hydrogen-bond acceptors (Lipinski definition) is 2. The Hall–Kier alpha value is -5.24. The van der Waals surface area contributed by atoms with E-state index in [4.69, 9.17) is 0 Å². The maximum Gasteiger partial charge on any atom is 0.418 e. The van der Waals surface area contributed by atoms with Crippen LogP contribution in [0.15, 0.2) is 78.9 Å². The molecule has 0 bridgehead atoms. The van der Waals surface area contributed by atoms with E-state index in [1.54, 1.807) is 59.3 Å². The molecule has 1 aromatic heterocycles. The second kappa shape index (κ2) is 11.1. The molecule has 6 rings (SSSR count). The molecule has 1 aliphatic rings. The summed E-state index contributed by atoms with van der Waals surface area (Å²) in [5, 5.41) is 4.25. The van der Waals surface area contributed by atoms with Crippen molar-refractivity contribution in [3.63, 3.8) is 0 Å². The van der Waals surface area contributed by atoms with Gasteiger partial charge in [-0.15, -0.1) is 0 Å². The minimum absolute atomic E-state index is 0.110. The molecule has 222 valence electrons. The quantitative estimate of drug-likeness (QED) is 0.158. The third-order valence-corrected chi connectivity index (χ3v) is 7.35. The van der Waals surface area contributed by atoms with Gasteiger partial charge in [-0.05, 0) is 36.4 Å². The number of amides is 2. The van der Waals surface area contributed by atoms with Gasteiger partial charge in [0.15, 0.2) is 0 Å². The zero-order chi connectivity index (χ0) is 31.2. The van der Waals surface area contributed by atoms with Crippen LogP contribution in [0.25, 0.3) is 22.2 Å². The Morgan fingerprint density at radius 3 is 2.16 bits per heavy atom. The second-order valence-electron chi connectivity index (χ2n) is 10.3. The number of fused-ring (bicyclic) bond motifs is 1. The summed E-state index contributed by atoms with van der Waals surface area (Å²) in [5.74, 6) is 2.61. The van der Waals surface area contributed by atoms with Crippen molar-refractivity contribution in [3.8, 4) is 23.1 Å². The van der Waals surface area contributed by atoms with E-state index in [0.29, 0.717) is 47.6 Å². The van der Waals surface area contributed by atoms with Gasteiger partial charge in [-0.1, -0.05) is 42.2 Å². The lowest BCUT2D eigenvalue weighted by Gasteiger charge is -2.16. The van der Waals surface area contributed by atoms with Crippen molar-refractivity contribution in [3.05, 3.63) is 119 Å². The molecule has 5 aromatic rings. The van der Waals surface area contributed by atoms with E-state index < -0.39 is 46.8 Å². The SMILES string of the molecule is CN1CCN(c2cccc(C#Cc3cccc(-c4c5cccc(C(F)(F)F)c5nn4Cc4c(F)cc(F)cc4F)c3)c2)C1=O. The van der Waals surface area contributed by atoms with Gasteiger partial charge in [0.2, 0.25) is 0 Å². The molecule has 0 atom stereocenters.